The zero-order chi connectivity index (χ0) is 16.7. The second kappa shape index (κ2) is 8.90. The molecule has 0 saturated heterocycles. The van der Waals surface area contributed by atoms with Gasteiger partial charge in [0.05, 0.1) is 23.0 Å². The highest BCUT2D eigenvalue weighted by atomic mass is 32.2. The second-order valence-electron chi connectivity index (χ2n) is 5.15. The fourth-order valence-corrected chi connectivity index (χ4v) is 3.58. The summed E-state index contributed by atoms with van der Waals surface area (Å²) in [5.41, 5.74) is 0.695. The van der Waals surface area contributed by atoms with Crippen LogP contribution in [0.5, 0.6) is 0 Å². The lowest BCUT2D eigenvalue weighted by Crippen LogP contribution is -2.36. The Morgan fingerprint density at radius 3 is 2.78 bits per heavy atom. The molecule has 0 saturated carbocycles. The van der Waals surface area contributed by atoms with Crippen LogP contribution in [0, 0.1) is 0 Å². The van der Waals surface area contributed by atoms with Crippen LogP contribution in [0.25, 0.3) is 0 Å². The van der Waals surface area contributed by atoms with Crippen molar-refractivity contribution in [3.63, 3.8) is 0 Å². The number of thioether (sulfide) groups is 1. The Balaban J connectivity index is 1.86. The molecule has 2 heterocycles. The van der Waals surface area contributed by atoms with E-state index in [1.54, 1.807) is 29.3 Å². The lowest BCUT2D eigenvalue weighted by Gasteiger charge is -2.23. The third kappa shape index (κ3) is 5.53. The van der Waals surface area contributed by atoms with E-state index in [0.29, 0.717) is 12.2 Å². The zero-order valence-corrected chi connectivity index (χ0v) is 15.2. The van der Waals surface area contributed by atoms with E-state index in [4.69, 9.17) is 0 Å². The molecule has 5 nitrogen and oxygen atoms in total. The largest absolute Gasteiger partial charge is 0.336 e. The smallest absolute Gasteiger partial charge is 0.319 e. The summed E-state index contributed by atoms with van der Waals surface area (Å²) in [6, 6.07) is 7.85. The van der Waals surface area contributed by atoms with Crippen LogP contribution >= 0.6 is 23.1 Å². The maximum atomic E-state index is 12.0. The van der Waals surface area contributed by atoms with Crippen molar-refractivity contribution in [1.82, 2.24) is 15.2 Å². The lowest BCUT2D eigenvalue weighted by molar-refractivity contribution is 0.244. The van der Waals surface area contributed by atoms with Crippen molar-refractivity contribution < 1.29 is 4.79 Å². The summed E-state index contributed by atoms with van der Waals surface area (Å²) >= 11 is 3.37. The number of thiophene rings is 1. The maximum Gasteiger partial charge on any atom is 0.319 e. The van der Waals surface area contributed by atoms with E-state index in [1.165, 1.54) is 4.88 Å². The van der Waals surface area contributed by atoms with Crippen molar-refractivity contribution in [2.45, 2.75) is 18.0 Å². The molecule has 2 aromatic rings. The Hall–Kier alpha value is -1.57. The number of hydrogen-bond donors (Lipinski definition) is 2. The number of carbonyl (C=O) groups is 1. The maximum absolute atomic E-state index is 12.0. The molecule has 0 aliphatic heterocycles. The predicted octanol–water partition coefficient (Wildman–Crippen LogP) is 3.68. The SMILES string of the molecule is CCSc1ccc(NC(=O)NCC(c2cccs2)N(C)C)cn1. The van der Waals surface area contributed by atoms with Gasteiger partial charge < -0.3 is 15.5 Å². The van der Waals surface area contributed by atoms with E-state index in [2.05, 4.69) is 33.5 Å². The van der Waals surface area contributed by atoms with Gasteiger partial charge in [0.25, 0.3) is 0 Å². The molecule has 0 bridgehead atoms. The van der Waals surface area contributed by atoms with Crippen molar-refractivity contribution in [3.8, 4) is 0 Å². The fraction of sp³-hybridized carbons (Fsp3) is 0.375. The topological polar surface area (TPSA) is 57.3 Å². The van der Waals surface area contributed by atoms with Crippen molar-refractivity contribution in [3.05, 3.63) is 40.7 Å². The molecular weight excluding hydrogens is 328 g/mol. The molecule has 1 unspecified atom stereocenters. The summed E-state index contributed by atoms with van der Waals surface area (Å²) in [6.07, 6.45) is 1.68. The van der Waals surface area contributed by atoms with Gasteiger partial charge in [-0.3, -0.25) is 0 Å². The van der Waals surface area contributed by atoms with Gasteiger partial charge in [-0.1, -0.05) is 13.0 Å². The average Bonchev–Trinajstić information content (AvgIpc) is 3.03. The number of pyridine rings is 1. The van der Waals surface area contributed by atoms with E-state index in [9.17, 15) is 4.79 Å². The van der Waals surface area contributed by atoms with Crippen LogP contribution in [-0.2, 0) is 0 Å². The standard InChI is InChI=1S/C16H22N4OS2/c1-4-22-15-8-7-12(10-17-15)19-16(21)18-11-13(20(2)3)14-6-5-9-23-14/h5-10,13H,4,11H2,1-3H3,(H2,18,19,21). The Morgan fingerprint density at radius 2 is 2.22 bits per heavy atom. The molecule has 2 rings (SSSR count). The lowest BCUT2D eigenvalue weighted by atomic mass is 10.2. The first-order valence-corrected chi connectivity index (χ1v) is 9.30. The van der Waals surface area contributed by atoms with Gasteiger partial charge in [0.1, 0.15) is 0 Å². The van der Waals surface area contributed by atoms with E-state index in [0.717, 1.165) is 10.8 Å². The van der Waals surface area contributed by atoms with Gasteiger partial charge in [0.2, 0.25) is 0 Å². The van der Waals surface area contributed by atoms with E-state index in [-0.39, 0.29) is 12.1 Å². The summed E-state index contributed by atoms with van der Waals surface area (Å²) in [5.74, 6) is 0.981. The van der Waals surface area contributed by atoms with Crippen molar-refractivity contribution in [2.75, 3.05) is 31.7 Å². The molecule has 0 aromatic carbocycles. The van der Waals surface area contributed by atoms with Crippen LogP contribution in [0.2, 0.25) is 0 Å². The van der Waals surface area contributed by atoms with E-state index < -0.39 is 0 Å². The molecule has 2 N–H and O–H groups in total. The van der Waals surface area contributed by atoms with Gasteiger partial charge in [-0.25, -0.2) is 9.78 Å². The van der Waals surface area contributed by atoms with Crippen molar-refractivity contribution in [2.24, 2.45) is 0 Å². The van der Waals surface area contributed by atoms with E-state index in [1.807, 2.05) is 37.7 Å². The average molecular weight is 351 g/mol. The Kier molecular flexibility index (Phi) is 6.88. The van der Waals surface area contributed by atoms with Crippen LogP contribution in [-0.4, -0.2) is 42.3 Å². The van der Waals surface area contributed by atoms with Crippen LogP contribution < -0.4 is 10.6 Å². The summed E-state index contributed by atoms with van der Waals surface area (Å²) in [7, 11) is 4.02. The molecule has 1 atom stereocenters. The summed E-state index contributed by atoms with van der Waals surface area (Å²) in [6.45, 7) is 2.64. The number of aromatic nitrogens is 1. The quantitative estimate of drug-likeness (QED) is 0.748. The van der Waals surface area contributed by atoms with Crippen molar-refractivity contribution in [1.29, 1.82) is 0 Å². The Labute approximate surface area is 145 Å². The van der Waals surface area contributed by atoms with Gasteiger partial charge >= 0.3 is 6.03 Å². The minimum atomic E-state index is -0.217. The first-order chi connectivity index (χ1) is 11.1. The number of nitrogens with zero attached hydrogens (tertiary/aromatic N) is 2. The molecule has 0 radical (unpaired) electrons. The van der Waals surface area contributed by atoms with Crippen LogP contribution in [0.3, 0.4) is 0 Å². The summed E-state index contributed by atoms with van der Waals surface area (Å²) < 4.78 is 0. The number of carbonyl (C=O) groups excluding carboxylic acids is 1. The third-order valence-corrected chi connectivity index (χ3v) is 5.04. The molecule has 2 amide bonds. The van der Waals surface area contributed by atoms with Gasteiger partial charge in [-0.05, 0) is 43.4 Å². The number of anilines is 1. The number of nitrogens with one attached hydrogen (secondary N) is 2. The number of likely N-dealkylation sites (N-methyl/N-ethyl adjacent to an activating group) is 1. The molecule has 7 heteroatoms. The monoisotopic (exact) mass is 350 g/mol. The highest BCUT2D eigenvalue weighted by Crippen LogP contribution is 2.22. The van der Waals surface area contributed by atoms with Crippen LogP contribution in [0.4, 0.5) is 10.5 Å². The molecule has 0 aliphatic rings. The molecule has 124 valence electrons. The van der Waals surface area contributed by atoms with Crippen LogP contribution in [0.15, 0.2) is 40.9 Å². The molecule has 0 spiro atoms. The van der Waals surface area contributed by atoms with Crippen LogP contribution in [0.1, 0.15) is 17.8 Å². The molecule has 0 fully saturated rings. The van der Waals surface area contributed by atoms with Gasteiger partial charge in [0, 0.05) is 11.4 Å². The highest BCUT2D eigenvalue weighted by Gasteiger charge is 2.16. The Morgan fingerprint density at radius 1 is 1.39 bits per heavy atom. The molecule has 0 aliphatic carbocycles. The fourth-order valence-electron chi connectivity index (χ4n) is 2.07. The van der Waals surface area contributed by atoms with Gasteiger partial charge in [0.15, 0.2) is 0 Å². The first-order valence-electron chi connectivity index (χ1n) is 7.43. The van der Waals surface area contributed by atoms with Gasteiger partial charge in [-0.2, -0.15) is 0 Å². The number of rotatable bonds is 7. The number of hydrogen-bond acceptors (Lipinski definition) is 5. The van der Waals surface area contributed by atoms with Crippen molar-refractivity contribution >= 4 is 34.8 Å². The minimum Gasteiger partial charge on any atom is -0.336 e. The van der Waals surface area contributed by atoms with E-state index >= 15 is 0 Å². The third-order valence-electron chi connectivity index (χ3n) is 3.24. The Bertz CT molecular complexity index is 599. The summed E-state index contributed by atoms with van der Waals surface area (Å²) in [4.78, 5) is 19.7. The predicted molar refractivity (Wildman–Crippen MR) is 98.4 cm³/mol. The second-order valence-corrected chi connectivity index (χ2v) is 7.41. The number of urea groups is 1. The normalized spacial score (nSPS) is 12.2. The highest BCUT2D eigenvalue weighted by molar-refractivity contribution is 7.99. The zero-order valence-electron chi connectivity index (χ0n) is 13.6. The number of amides is 2. The minimum absolute atomic E-state index is 0.169. The molecule has 2 aromatic heterocycles. The molecular formula is C16H22N4OS2. The molecule has 23 heavy (non-hydrogen) atoms. The summed E-state index contributed by atoms with van der Waals surface area (Å²) in [5, 5.41) is 8.75. The van der Waals surface area contributed by atoms with Gasteiger partial charge in [-0.15, -0.1) is 23.1 Å². The first kappa shape index (κ1) is 17.8.